The summed E-state index contributed by atoms with van der Waals surface area (Å²) in [6.07, 6.45) is 9.58. The Balaban J connectivity index is 0.731. The molecule has 4 aromatic rings. The summed E-state index contributed by atoms with van der Waals surface area (Å²) in [4.78, 5) is 65.2. The first-order chi connectivity index (χ1) is 31.9. The van der Waals surface area contributed by atoms with Gasteiger partial charge in [0, 0.05) is 48.9 Å². The number of benzene rings is 4. The van der Waals surface area contributed by atoms with Crippen molar-refractivity contribution in [2.24, 2.45) is 17.8 Å². The van der Waals surface area contributed by atoms with Gasteiger partial charge in [0.05, 0.1) is 34.7 Å². The topological polar surface area (TPSA) is 194 Å². The molecule has 15 heteroatoms. The van der Waals surface area contributed by atoms with E-state index in [0.29, 0.717) is 49.1 Å². The van der Waals surface area contributed by atoms with Gasteiger partial charge in [0.2, 0.25) is 27.7 Å². The van der Waals surface area contributed by atoms with Crippen molar-refractivity contribution in [3.8, 4) is 11.1 Å². The lowest BCUT2D eigenvalue weighted by atomic mass is 9.78. The fourth-order valence-electron chi connectivity index (χ4n) is 11.0. The zero-order valence-electron chi connectivity index (χ0n) is 37.3. The number of piperidine rings is 1. The smallest absolute Gasteiger partial charge is 0.264 e. The number of carbonyl (C=O) groups is 5. The highest BCUT2D eigenvalue weighted by molar-refractivity contribution is 7.89. The summed E-state index contributed by atoms with van der Waals surface area (Å²) in [6, 6.07) is 24.1. The number of nitrogens with zero attached hydrogens (tertiary/aromatic N) is 2. The summed E-state index contributed by atoms with van der Waals surface area (Å²) >= 11 is 0. The molecule has 66 heavy (non-hydrogen) atoms. The van der Waals surface area contributed by atoms with Crippen molar-refractivity contribution in [1.29, 1.82) is 0 Å². The molecule has 0 spiro atoms. The molecule has 1 unspecified atom stereocenters. The van der Waals surface area contributed by atoms with E-state index in [0.717, 1.165) is 84.2 Å². The standard InChI is InChI=1S/C51H58N6O8S/c1-31-13-20-37(21-14-31)66(64,65)56-27-25-38-43(30-58)54-41-22-19-35(29-40(41)48(38)56)34-8-3-9-36(28-34)53-45(59)12-2-6-32-15-17-33(18-16-32)7-5-26-52-42-11-4-10-39-47(42)51(63)57(50(39)62)44-23-24-46(60)55-49(44)61/h3-4,8-11,13-14,19-22,28-29,32-33,38,43-44,48,52,54,58H,2,5-7,12,15-18,23-27,30H2,1H3,(H,53,59)(H,55,60,61)/t32?,33?,38-,43+,44?,48-/m1/s1. The third-order valence-electron chi connectivity index (χ3n) is 14.5. The Morgan fingerprint density at radius 3 is 2.29 bits per heavy atom. The van der Waals surface area contributed by atoms with Crippen LogP contribution in [0.25, 0.3) is 11.1 Å². The molecule has 4 atom stereocenters. The summed E-state index contributed by atoms with van der Waals surface area (Å²) in [5.41, 5.74) is 6.32. The minimum absolute atomic E-state index is 0.0254. The number of sulfonamides is 1. The molecule has 0 bridgehead atoms. The van der Waals surface area contributed by atoms with E-state index in [-0.39, 0.29) is 53.3 Å². The molecule has 1 saturated carbocycles. The lowest BCUT2D eigenvalue weighted by molar-refractivity contribution is -0.136. The van der Waals surface area contributed by atoms with E-state index in [1.165, 1.54) is 0 Å². The average Bonchev–Trinajstić information content (AvgIpc) is 3.88. The molecule has 9 rings (SSSR count). The molecule has 2 saturated heterocycles. The lowest BCUT2D eigenvalue weighted by Gasteiger charge is -2.39. The summed E-state index contributed by atoms with van der Waals surface area (Å²) in [7, 11) is -3.79. The van der Waals surface area contributed by atoms with Gasteiger partial charge in [-0.15, -0.1) is 0 Å². The minimum atomic E-state index is -3.79. The van der Waals surface area contributed by atoms with Crippen LogP contribution in [-0.2, 0) is 24.4 Å². The number of carbonyl (C=O) groups excluding carboxylic acids is 5. The van der Waals surface area contributed by atoms with Crippen LogP contribution in [-0.4, -0.2) is 84.0 Å². The molecular formula is C51H58N6O8S. The first-order valence-electron chi connectivity index (χ1n) is 23.5. The van der Waals surface area contributed by atoms with Gasteiger partial charge in [0.15, 0.2) is 0 Å². The second kappa shape index (κ2) is 19.1. The van der Waals surface area contributed by atoms with Crippen molar-refractivity contribution in [1.82, 2.24) is 14.5 Å². The van der Waals surface area contributed by atoms with Crippen LogP contribution in [0.5, 0.6) is 0 Å². The SMILES string of the molecule is Cc1ccc(S(=O)(=O)N2CC[C@@H]3[C@H](CO)Nc4ccc(-c5cccc(NC(=O)CCCC6CCC(CCCNc7cccc8c7C(=O)N(C7CCC(=O)NC7=O)C8=O)CC6)c5)cc4[C@@H]32)cc1. The number of hydrogen-bond acceptors (Lipinski definition) is 10. The first kappa shape index (κ1) is 45.3. The zero-order chi connectivity index (χ0) is 46.1. The van der Waals surface area contributed by atoms with Gasteiger partial charge in [-0.2, -0.15) is 4.31 Å². The van der Waals surface area contributed by atoms with Crippen LogP contribution in [0.2, 0.25) is 0 Å². The highest BCUT2D eigenvalue weighted by Gasteiger charge is 2.49. The maximum Gasteiger partial charge on any atom is 0.264 e. The summed E-state index contributed by atoms with van der Waals surface area (Å²) in [5.74, 6) is -0.965. The second-order valence-electron chi connectivity index (χ2n) is 18.7. The molecule has 0 aromatic heterocycles. The van der Waals surface area contributed by atoms with Crippen LogP contribution in [0.3, 0.4) is 0 Å². The Morgan fingerprint density at radius 2 is 1.55 bits per heavy atom. The Hall–Kier alpha value is -5.90. The van der Waals surface area contributed by atoms with Crippen molar-refractivity contribution in [3.05, 3.63) is 107 Å². The van der Waals surface area contributed by atoms with E-state index in [2.05, 4.69) is 21.3 Å². The Morgan fingerprint density at radius 1 is 0.818 bits per heavy atom. The third kappa shape index (κ3) is 9.12. The number of aliphatic hydroxyl groups is 1. The molecule has 4 aliphatic heterocycles. The molecule has 5 N–H and O–H groups in total. The Kier molecular flexibility index (Phi) is 13.1. The normalized spacial score (nSPS) is 24.0. The number of anilines is 3. The van der Waals surface area contributed by atoms with Gasteiger partial charge in [-0.25, -0.2) is 8.42 Å². The number of fused-ring (bicyclic) bond motifs is 4. The van der Waals surface area contributed by atoms with E-state index < -0.39 is 45.7 Å². The molecule has 4 aromatic carbocycles. The van der Waals surface area contributed by atoms with Gasteiger partial charge in [0.1, 0.15) is 6.04 Å². The van der Waals surface area contributed by atoms with Crippen molar-refractivity contribution >= 4 is 56.6 Å². The maximum absolute atomic E-state index is 14.0. The predicted molar refractivity (Wildman–Crippen MR) is 251 cm³/mol. The van der Waals surface area contributed by atoms with Crippen molar-refractivity contribution in [2.75, 3.05) is 35.6 Å². The maximum atomic E-state index is 14.0. The van der Waals surface area contributed by atoms with E-state index in [4.69, 9.17) is 0 Å². The van der Waals surface area contributed by atoms with Crippen LogP contribution < -0.4 is 21.3 Å². The van der Waals surface area contributed by atoms with E-state index >= 15 is 0 Å². The van der Waals surface area contributed by atoms with Gasteiger partial charge >= 0.3 is 0 Å². The van der Waals surface area contributed by atoms with E-state index in [9.17, 15) is 37.5 Å². The van der Waals surface area contributed by atoms with E-state index in [1.54, 1.807) is 34.6 Å². The Bertz CT molecular complexity index is 2650. The lowest BCUT2D eigenvalue weighted by Crippen LogP contribution is -2.54. The third-order valence-corrected chi connectivity index (χ3v) is 16.4. The molecule has 0 radical (unpaired) electrons. The number of amides is 5. The van der Waals surface area contributed by atoms with Crippen molar-refractivity contribution in [3.63, 3.8) is 0 Å². The quantitative estimate of drug-likeness (QED) is 0.0592. The molecule has 5 amide bonds. The molecule has 5 aliphatic rings. The Labute approximate surface area is 386 Å². The fraction of sp³-hybridized carbons (Fsp3) is 0.431. The van der Waals surface area contributed by atoms with Gasteiger partial charge in [-0.1, -0.05) is 67.6 Å². The van der Waals surface area contributed by atoms with Crippen LogP contribution in [0, 0.1) is 24.7 Å². The molecule has 3 fully saturated rings. The number of aryl methyl sites for hydroxylation is 1. The summed E-state index contributed by atoms with van der Waals surface area (Å²) in [5, 5.41) is 22.5. The highest BCUT2D eigenvalue weighted by atomic mass is 32.2. The number of rotatable bonds is 15. The summed E-state index contributed by atoms with van der Waals surface area (Å²) < 4.78 is 29.7. The molecule has 346 valence electrons. The second-order valence-corrected chi connectivity index (χ2v) is 20.6. The number of nitrogens with one attached hydrogen (secondary N) is 4. The molecule has 1 aliphatic carbocycles. The average molecular weight is 915 g/mol. The van der Waals surface area contributed by atoms with Crippen molar-refractivity contribution in [2.45, 2.75) is 107 Å². The van der Waals surface area contributed by atoms with Gasteiger partial charge < -0.3 is 21.1 Å². The van der Waals surface area contributed by atoms with Crippen molar-refractivity contribution < 1.29 is 37.5 Å². The number of aliphatic hydroxyl groups excluding tert-OH is 1. The predicted octanol–water partition coefficient (Wildman–Crippen LogP) is 7.41. The van der Waals surface area contributed by atoms with Crippen LogP contribution in [0.4, 0.5) is 17.1 Å². The number of hydrogen-bond donors (Lipinski definition) is 5. The van der Waals surface area contributed by atoms with Gasteiger partial charge in [-0.3, -0.25) is 34.2 Å². The van der Waals surface area contributed by atoms with Crippen LogP contribution in [0.15, 0.2) is 89.8 Å². The number of imide groups is 2. The first-order valence-corrected chi connectivity index (χ1v) is 24.9. The molecular weight excluding hydrogens is 857 g/mol. The minimum Gasteiger partial charge on any atom is -0.394 e. The molecule has 4 heterocycles. The zero-order valence-corrected chi connectivity index (χ0v) is 38.1. The van der Waals surface area contributed by atoms with Gasteiger partial charge in [-0.05, 0) is 123 Å². The monoisotopic (exact) mass is 914 g/mol. The van der Waals surface area contributed by atoms with Gasteiger partial charge in [0.25, 0.3) is 11.8 Å². The van der Waals surface area contributed by atoms with Crippen LogP contribution in [0.1, 0.15) is 115 Å². The van der Waals surface area contributed by atoms with Crippen LogP contribution >= 0.6 is 0 Å². The highest BCUT2D eigenvalue weighted by Crippen LogP contribution is 2.49. The van der Waals surface area contributed by atoms with E-state index in [1.807, 2.05) is 61.5 Å². The summed E-state index contributed by atoms with van der Waals surface area (Å²) in [6.45, 7) is 2.84. The molecule has 14 nitrogen and oxygen atoms in total. The fourth-order valence-corrected chi connectivity index (χ4v) is 12.6. The largest absolute Gasteiger partial charge is 0.394 e.